The van der Waals surface area contributed by atoms with Crippen LogP contribution in [0.1, 0.15) is 22.0 Å². The first kappa shape index (κ1) is 12.1. The molecule has 18 heavy (non-hydrogen) atoms. The molecule has 0 aliphatic carbocycles. The topological polar surface area (TPSA) is 79.9 Å². The second-order valence-electron chi connectivity index (χ2n) is 3.88. The number of nitrogens with zero attached hydrogens (tertiary/aromatic N) is 2. The Balaban J connectivity index is 2.14. The Bertz CT molecular complexity index is 577. The van der Waals surface area contributed by atoms with E-state index >= 15 is 0 Å². The Kier molecular flexibility index (Phi) is 3.27. The molecule has 0 saturated heterocycles. The number of aryl methyl sites for hydroxylation is 2. The molecule has 6 nitrogen and oxygen atoms in total. The maximum absolute atomic E-state index is 11.8. The quantitative estimate of drug-likeness (QED) is 0.863. The Labute approximate surface area is 104 Å². The molecule has 1 aromatic carbocycles. The molecule has 1 heterocycles. The number of carbonyl (C=O) groups is 1. The average Bonchev–Trinajstić information content (AvgIpc) is 2.76. The SMILES string of the molecule is COc1ccc(NC(=O)c2n[nH]c(C)n2)cc1C. The number of rotatable bonds is 3. The molecule has 0 radical (unpaired) electrons. The number of hydrogen-bond acceptors (Lipinski definition) is 4. The number of methoxy groups -OCH3 is 1. The van der Waals surface area contributed by atoms with Crippen molar-refractivity contribution in [3.8, 4) is 5.75 Å². The predicted molar refractivity (Wildman–Crippen MR) is 66.8 cm³/mol. The lowest BCUT2D eigenvalue weighted by Gasteiger charge is -2.07. The number of benzene rings is 1. The number of aromatic amines is 1. The van der Waals surface area contributed by atoms with E-state index in [1.165, 1.54) is 0 Å². The summed E-state index contributed by atoms with van der Waals surface area (Å²) in [6, 6.07) is 5.40. The summed E-state index contributed by atoms with van der Waals surface area (Å²) in [6.07, 6.45) is 0. The molecule has 0 spiro atoms. The highest BCUT2D eigenvalue weighted by molar-refractivity contribution is 6.01. The van der Waals surface area contributed by atoms with Crippen LogP contribution in [-0.2, 0) is 0 Å². The molecular formula is C12H14N4O2. The van der Waals surface area contributed by atoms with Gasteiger partial charge in [-0.3, -0.25) is 9.89 Å². The number of aromatic nitrogens is 3. The van der Waals surface area contributed by atoms with Crippen molar-refractivity contribution >= 4 is 11.6 Å². The third-order valence-corrected chi connectivity index (χ3v) is 2.45. The zero-order valence-electron chi connectivity index (χ0n) is 10.4. The predicted octanol–water partition coefficient (Wildman–Crippen LogP) is 1.68. The molecule has 0 bridgehead atoms. The number of nitrogens with one attached hydrogen (secondary N) is 2. The minimum atomic E-state index is -0.344. The highest BCUT2D eigenvalue weighted by Crippen LogP contribution is 2.21. The van der Waals surface area contributed by atoms with Gasteiger partial charge in [-0.05, 0) is 37.6 Å². The summed E-state index contributed by atoms with van der Waals surface area (Å²) in [6.45, 7) is 3.65. The van der Waals surface area contributed by atoms with Crippen molar-refractivity contribution < 1.29 is 9.53 Å². The molecule has 0 aliphatic heterocycles. The zero-order valence-corrected chi connectivity index (χ0v) is 10.4. The van der Waals surface area contributed by atoms with Crippen LogP contribution in [0.4, 0.5) is 5.69 Å². The Morgan fingerprint density at radius 3 is 2.72 bits per heavy atom. The molecule has 6 heteroatoms. The first-order valence-electron chi connectivity index (χ1n) is 5.45. The van der Waals surface area contributed by atoms with Gasteiger partial charge >= 0.3 is 0 Å². The summed E-state index contributed by atoms with van der Waals surface area (Å²) in [7, 11) is 1.61. The minimum absolute atomic E-state index is 0.126. The average molecular weight is 246 g/mol. The van der Waals surface area contributed by atoms with Crippen LogP contribution in [0.2, 0.25) is 0 Å². The van der Waals surface area contributed by atoms with E-state index in [0.29, 0.717) is 11.5 Å². The molecule has 94 valence electrons. The van der Waals surface area contributed by atoms with Crippen LogP contribution in [-0.4, -0.2) is 28.2 Å². The van der Waals surface area contributed by atoms with Crippen LogP contribution in [0.25, 0.3) is 0 Å². The fourth-order valence-corrected chi connectivity index (χ4v) is 1.59. The van der Waals surface area contributed by atoms with Gasteiger partial charge in [-0.25, -0.2) is 4.98 Å². The first-order valence-corrected chi connectivity index (χ1v) is 5.45. The Morgan fingerprint density at radius 2 is 2.17 bits per heavy atom. The fourth-order valence-electron chi connectivity index (χ4n) is 1.59. The van der Waals surface area contributed by atoms with Gasteiger partial charge in [-0.15, -0.1) is 5.10 Å². The monoisotopic (exact) mass is 246 g/mol. The normalized spacial score (nSPS) is 10.2. The van der Waals surface area contributed by atoms with Crippen molar-refractivity contribution in [2.75, 3.05) is 12.4 Å². The second-order valence-corrected chi connectivity index (χ2v) is 3.88. The minimum Gasteiger partial charge on any atom is -0.496 e. The number of carbonyl (C=O) groups excluding carboxylic acids is 1. The van der Waals surface area contributed by atoms with Gasteiger partial charge < -0.3 is 10.1 Å². The van der Waals surface area contributed by atoms with Gasteiger partial charge in [-0.2, -0.15) is 0 Å². The summed E-state index contributed by atoms with van der Waals surface area (Å²) < 4.78 is 5.15. The lowest BCUT2D eigenvalue weighted by Crippen LogP contribution is -2.13. The maximum Gasteiger partial charge on any atom is 0.295 e. The van der Waals surface area contributed by atoms with Gasteiger partial charge in [0.1, 0.15) is 11.6 Å². The third-order valence-electron chi connectivity index (χ3n) is 2.45. The molecule has 2 N–H and O–H groups in total. The van der Waals surface area contributed by atoms with Gasteiger partial charge in [0, 0.05) is 5.69 Å². The van der Waals surface area contributed by atoms with Crippen molar-refractivity contribution in [3.05, 3.63) is 35.4 Å². The Hall–Kier alpha value is -2.37. The van der Waals surface area contributed by atoms with Crippen LogP contribution in [0.5, 0.6) is 5.75 Å². The van der Waals surface area contributed by atoms with E-state index in [4.69, 9.17) is 4.74 Å². The third kappa shape index (κ3) is 2.48. The van der Waals surface area contributed by atoms with Crippen molar-refractivity contribution in [3.63, 3.8) is 0 Å². The molecule has 0 saturated carbocycles. The summed E-state index contributed by atoms with van der Waals surface area (Å²) in [5.41, 5.74) is 1.63. The maximum atomic E-state index is 11.8. The van der Waals surface area contributed by atoms with Gasteiger partial charge in [0.25, 0.3) is 5.91 Å². The molecule has 0 unspecified atom stereocenters. The van der Waals surface area contributed by atoms with Crippen molar-refractivity contribution in [2.45, 2.75) is 13.8 Å². The fraction of sp³-hybridized carbons (Fsp3) is 0.250. The lowest BCUT2D eigenvalue weighted by molar-refractivity contribution is 0.101. The van der Waals surface area contributed by atoms with Crippen LogP contribution in [0, 0.1) is 13.8 Å². The molecule has 1 amide bonds. The first-order chi connectivity index (χ1) is 8.60. The number of H-pyrrole nitrogens is 1. The van der Waals surface area contributed by atoms with Crippen molar-refractivity contribution in [1.29, 1.82) is 0 Å². The second kappa shape index (κ2) is 4.87. The van der Waals surface area contributed by atoms with Gasteiger partial charge in [-0.1, -0.05) is 0 Å². The largest absolute Gasteiger partial charge is 0.496 e. The summed E-state index contributed by atoms with van der Waals surface area (Å²) >= 11 is 0. The number of hydrogen-bond donors (Lipinski definition) is 2. The van der Waals surface area contributed by atoms with E-state index in [9.17, 15) is 4.79 Å². The Morgan fingerprint density at radius 1 is 1.39 bits per heavy atom. The van der Waals surface area contributed by atoms with E-state index in [0.717, 1.165) is 11.3 Å². The van der Waals surface area contributed by atoms with Crippen LogP contribution in [0.3, 0.4) is 0 Å². The smallest absolute Gasteiger partial charge is 0.295 e. The van der Waals surface area contributed by atoms with Crippen LogP contribution in [0.15, 0.2) is 18.2 Å². The molecule has 0 fully saturated rings. The number of anilines is 1. The molecule has 1 aromatic heterocycles. The molecule has 2 aromatic rings. The summed E-state index contributed by atoms with van der Waals surface area (Å²) in [4.78, 5) is 15.8. The highest BCUT2D eigenvalue weighted by atomic mass is 16.5. The van der Waals surface area contributed by atoms with Crippen molar-refractivity contribution in [2.24, 2.45) is 0 Å². The van der Waals surface area contributed by atoms with E-state index in [2.05, 4.69) is 20.5 Å². The summed E-state index contributed by atoms with van der Waals surface area (Å²) in [5.74, 6) is 1.16. The van der Waals surface area contributed by atoms with E-state index in [1.807, 2.05) is 13.0 Å². The van der Waals surface area contributed by atoms with E-state index < -0.39 is 0 Å². The van der Waals surface area contributed by atoms with Gasteiger partial charge in [0.15, 0.2) is 0 Å². The number of amides is 1. The van der Waals surface area contributed by atoms with Gasteiger partial charge in [0.05, 0.1) is 7.11 Å². The van der Waals surface area contributed by atoms with Crippen LogP contribution >= 0.6 is 0 Å². The standard InChI is InChI=1S/C12H14N4O2/c1-7-6-9(4-5-10(7)18-3)14-12(17)11-13-8(2)15-16-11/h4-6H,1-3H3,(H,14,17)(H,13,15,16). The van der Waals surface area contributed by atoms with Crippen LogP contribution < -0.4 is 10.1 Å². The van der Waals surface area contributed by atoms with E-state index in [-0.39, 0.29) is 11.7 Å². The van der Waals surface area contributed by atoms with E-state index in [1.54, 1.807) is 26.2 Å². The van der Waals surface area contributed by atoms with Gasteiger partial charge in [0.2, 0.25) is 5.82 Å². The molecule has 0 aliphatic rings. The molecule has 0 atom stereocenters. The summed E-state index contributed by atoms with van der Waals surface area (Å²) in [5, 5.41) is 9.14. The highest BCUT2D eigenvalue weighted by Gasteiger charge is 2.11. The molecule has 2 rings (SSSR count). The number of ether oxygens (including phenoxy) is 1. The molecular weight excluding hydrogens is 232 g/mol. The zero-order chi connectivity index (χ0) is 13.1. The lowest BCUT2D eigenvalue weighted by atomic mass is 10.2. The van der Waals surface area contributed by atoms with Crippen molar-refractivity contribution in [1.82, 2.24) is 15.2 Å².